The Morgan fingerprint density at radius 3 is 2.96 bits per heavy atom. The van der Waals surface area contributed by atoms with E-state index in [0.717, 1.165) is 10.9 Å². The number of aromatic amines is 1. The van der Waals surface area contributed by atoms with Crippen molar-refractivity contribution in [2.45, 2.75) is 25.0 Å². The number of hydrogen-bond donors (Lipinski definition) is 3. The van der Waals surface area contributed by atoms with Crippen molar-refractivity contribution in [3.63, 3.8) is 0 Å². The zero-order valence-electron chi connectivity index (χ0n) is 14.5. The fourth-order valence-electron chi connectivity index (χ4n) is 2.82. The Kier molecular flexibility index (Phi) is 4.61. The van der Waals surface area contributed by atoms with E-state index in [1.807, 2.05) is 30.3 Å². The molecule has 0 saturated heterocycles. The third-order valence-corrected chi connectivity index (χ3v) is 5.37. The average Bonchev–Trinajstić information content (AvgIpc) is 3.34. The second-order valence-electron chi connectivity index (χ2n) is 6.37. The van der Waals surface area contributed by atoms with Gasteiger partial charge in [-0.25, -0.2) is 15.0 Å². The van der Waals surface area contributed by atoms with Gasteiger partial charge in [0.1, 0.15) is 28.3 Å². The molecule has 0 saturated carbocycles. The van der Waals surface area contributed by atoms with Crippen molar-refractivity contribution in [3.05, 3.63) is 65.0 Å². The number of thiazole rings is 1. The lowest BCUT2D eigenvalue weighted by molar-refractivity contribution is -0.0660. The summed E-state index contributed by atoms with van der Waals surface area (Å²) in [4.78, 5) is 15.5. The number of nitrogens with zero attached hydrogens (tertiary/aromatic N) is 3. The van der Waals surface area contributed by atoms with Crippen LogP contribution in [-0.4, -0.2) is 36.3 Å². The molecule has 0 aliphatic rings. The molecule has 0 bridgehead atoms. The Hall–Kier alpha value is -2.81. The second kappa shape index (κ2) is 7.07. The number of aromatic nitrogens is 4. The normalized spacial score (nSPS) is 14.8. The number of hydrogen-bond acceptors (Lipinski definition) is 7. The zero-order valence-corrected chi connectivity index (χ0v) is 15.3. The Balaban J connectivity index is 1.53. The topological polar surface area (TPSA) is 104 Å². The van der Waals surface area contributed by atoms with E-state index in [1.165, 1.54) is 17.7 Å². The average molecular weight is 382 g/mol. The summed E-state index contributed by atoms with van der Waals surface area (Å²) >= 11 is 1.31. The van der Waals surface area contributed by atoms with Crippen molar-refractivity contribution in [2.75, 3.05) is 0 Å². The predicted octanol–water partition coefficient (Wildman–Crippen LogP) is 3.02. The van der Waals surface area contributed by atoms with Crippen LogP contribution >= 0.6 is 11.3 Å². The Morgan fingerprint density at radius 1 is 1.26 bits per heavy atom. The van der Waals surface area contributed by atoms with Crippen LogP contribution in [-0.2, 0) is 12.0 Å². The minimum atomic E-state index is -1.42. The van der Waals surface area contributed by atoms with E-state index < -0.39 is 11.7 Å². The Morgan fingerprint density at radius 2 is 2.15 bits per heavy atom. The van der Waals surface area contributed by atoms with Gasteiger partial charge in [0, 0.05) is 24.2 Å². The largest absolute Gasteiger partial charge is 0.438 e. The van der Waals surface area contributed by atoms with Crippen LogP contribution in [0.25, 0.3) is 11.0 Å². The standard InChI is InChI=1S/C19H18N4O3S/c1-19(25,18-21-7-8-27-18)15(24)10-12-3-2-4-13(9-12)26-17-14-5-6-20-16(14)22-11-23-17/h2-9,11,15,24-25H,10H2,1H3,(H,20,22,23). The van der Waals surface area contributed by atoms with Gasteiger partial charge in [-0.15, -0.1) is 11.3 Å². The van der Waals surface area contributed by atoms with Crippen molar-refractivity contribution in [1.29, 1.82) is 0 Å². The van der Waals surface area contributed by atoms with Crippen LogP contribution in [0.3, 0.4) is 0 Å². The highest BCUT2D eigenvalue weighted by molar-refractivity contribution is 7.09. The Bertz CT molecular complexity index is 1050. The van der Waals surface area contributed by atoms with Crippen LogP contribution in [0, 0.1) is 0 Å². The molecule has 2 atom stereocenters. The van der Waals surface area contributed by atoms with Gasteiger partial charge in [-0.05, 0) is 30.7 Å². The summed E-state index contributed by atoms with van der Waals surface area (Å²) in [6.07, 6.45) is 4.08. The van der Waals surface area contributed by atoms with Crippen LogP contribution in [0.4, 0.5) is 0 Å². The smallest absolute Gasteiger partial charge is 0.231 e. The number of benzene rings is 1. The van der Waals surface area contributed by atoms with E-state index in [-0.39, 0.29) is 6.42 Å². The van der Waals surface area contributed by atoms with Gasteiger partial charge in [0.05, 0.1) is 11.5 Å². The molecule has 8 heteroatoms. The van der Waals surface area contributed by atoms with Gasteiger partial charge in [0.15, 0.2) is 0 Å². The number of ether oxygens (including phenoxy) is 1. The summed E-state index contributed by atoms with van der Waals surface area (Å²) in [5, 5.41) is 24.2. The first-order valence-electron chi connectivity index (χ1n) is 8.39. The van der Waals surface area contributed by atoms with E-state index in [0.29, 0.717) is 22.3 Å². The van der Waals surface area contributed by atoms with Crippen LogP contribution < -0.4 is 4.74 Å². The zero-order chi connectivity index (χ0) is 18.9. The number of rotatable bonds is 6. The number of nitrogens with one attached hydrogen (secondary N) is 1. The summed E-state index contributed by atoms with van der Waals surface area (Å²) in [6.45, 7) is 1.57. The van der Waals surface area contributed by atoms with E-state index in [2.05, 4.69) is 19.9 Å². The number of aliphatic hydroxyl groups is 2. The maximum atomic E-state index is 10.6. The second-order valence-corrected chi connectivity index (χ2v) is 7.27. The fraction of sp³-hybridized carbons (Fsp3) is 0.211. The summed E-state index contributed by atoms with van der Waals surface area (Å²) in [5.41, 5.74) is 0.108. The lowest BCUT2D eigenvalue weighted by Crippen LogP contribution is -2.37. The maximum absolute atomic E-state index is 10.6. The molecule has 4 aromatic rings. The van der Waals surface area contributed by atoms with Crippen molar-refractivity contribution >= 4 is 22.4 Å². The first-order chi connectivity index (χ1) is 13.0. The van der Waals surface area contributed by atoms with Gasteiger partial charge in [-0.1, -0.05) is 12.1 Å². The van der Waals surface area contributed by atoms with Crippen molar-refractivity contribution in [3.8, 4) is 11.6 Å². The molecule has 138 valence electrons. The summed E-state index contributed by atoms with van der Waals surface area (Å²) in [5.74, 6) is 1.04. The minimum absolute atomic E-state index is 0.257. The molecule has 0 spiro atoms. The monoisotopic (exact) mass is 382 g/mol. The molecule has 0 aliphatic heterocycles. The molecule has 1 aromatic carbocycles. The van der Waals surface area contributed by atoms with Crippen LogP contribution in [0.15, 0.2) is 54.4 Å². The van der Waals surface area contributed by atoms with E-state index in [1.54, 1.807) is 24.7 Å². The van der Waals surface area contributed by atoms with Gasteiger partial charge in [0.2, 0.25) is 5.88 Å². The molecule has 3 aromatic heterocycles. The lowest BCUT2D eigenvalue weighted by Gasteiger charge is -2.27. The number of aliphatic hydroxyl groups excluding tert-OH is 1. The van der Waals surface area contributed by atoms with Crippen molar-refractivity contribution in [2.24, 2.45) is 0 Å². The molecule has 0 radical (unpaired) electrons. The highest BCUT2D eigenvalue weighted by Gasteiger charge is 2.34. The van der Waals surface area contributed by atoms with E-state index >= 15 is 0 Å². The molecule has 3 N–H and O–H groups in total. The minimum Gasteiger partial charge on any atom is -0.438 e. The van der Waals surface area contributed by atoms with E-state index in [4.69, 9.17) is 4.74 Å². The first kappa shape index (κ1) is 17.6. The molecule has 7 nitrogen and oxygen atoms in total. The van der Waals surface area contributed by atoms with Crippen molar-refractivity contribution < 1.29 is 14.9 Å². The third-order valence-electron chi connectivity index (χ3n) is 4.37. The van der Waals surface area contributed by atoms with Gasteiger partial charge in [0.25, 0.3) is 0 Å². The van der Waals surface area contributed by atoms with Crippen molar-refractivity contribution in [1.82, 2.24) is 19.9 Å². The predicted molar refractivity (Wildman–Crippen MR) is 102 cm³/mol. The fourth-order valence-corrected chi connectivity index (χ4v) is 3.56. The maximum Gasteiger partial charge on any atom is 0.231 e. The summed E-state index contributed by atoms with van der Waals surface area (Å²) < 4.78 is 5.90. The van der Waals surface area contributed by atoms with Crippen LogP contribution in [0.1, 0.15) is 17.5 Å². The number of fused-ring (bicyclic) bond motifs is 1. The highest BCUT2D eigenvalue weighted by Crippen LogP contribution is 2.30. The first-order valence-corrected chi connectivity index (χ1v) is 9.27. The van der Waals surface area contributed by atoms with Gasteiger partial charge >= 0.3 is 0 Å². The molecule has 3 heterocycles. The van der Waals surface area contributed by atoms with Gasteiger partial charge < -0.3 is 19.9 Å². The molecular formula is C19H18N4O3S. The molecule has 0 aliphatic carbocycles. The van der Waals surface area contributed by atoms with Crippen LogP contribution in [0.5, 0.6) is 11.6 Å². The number of H-pyrrole nitrogens is 1. The molecule has 0 fully saturated rings. The molecule has 0 amide bonds. The SMILES string of the molecule is CC(O)(c1nccs1)C(O)Cc1cccc(Oc2ncnc3[nH]ccc23)c1. The van der Waals surface area contributed by atoms with Gasteiger partial charge in [-0.3, -0.25) is 0 Å². The molecule has 27 heavy (non-hydrogen) atoms. The molecular weight excluding hydrogens is 364 g/mol. The van der Waals surface area contributed by atoms with Crippen LogP contribution in [0.2, 0.25) is 0 Å². The summed E-state index contributed by atoms with van der Waals surface area (Å²) in [7, 11) is 0. The molecule has 2 unspecified atom stereocenters. The highest BCUT2D eigenvalue weighted by atomic mass is 32.1. The van der Waals surface area contributed by atoms with Gasteiger partial charge in [-0.2, -0.15) is 0 Å². The quantitative estimate of drug-likeness (QED) is 0.474. The third kappa shape index (κ3) is 3.55. The lowest BCUT2D eigenvalue weighted by atomic mass is 9.94. The molecule has 4 rings (SSSR count). The Labute approximate surface area is 159 Å². The summed E-state index contributed by atoms with van der Waals surface area (Å²) in [6, 6.07) is 9.20. The van der Waals surface area contributed by atoms with E-state index in [9.17, 15) is 10.2 Å².